The number of hydrogen-bond donors (Lipinski definition) is 1. The normalized spacial score (nSPS) is 10.3. The Bertz CT molecular complexity index is 635. The Morgan fingerprint density at radius 2 is 1.74 bits per heavy atom. The van der Waals surface area contributed by atoms with E-state index in [1.807, 2.05) is 26.8 Å². The van der Waals surface area contributed by atoms with Crippen LogP contribution in [0.4, 0.5) is 10.1 Å². The van der Waals surface area contributed by atoms with Crippen molar-refractivity contribution in [3.05, 3.63) is 64.5 Å². The molecule has 0 bridgehead atoms. The Labute approximate surface area is 112 Å². The minimum absolute atomic E-state index is 0.211. The summed E-state index contributed by atoms with van der Waals surface area (Å²) in [6, 6.07) is 10.1. The second-order valence-corrected chi connectivity index (χ2v) is 4.74. The first kappa shape index (κ1) is 13.3. The number of amides is 1. The van der Waals surface area contributed by atoms with Gasteiger partial charge in [0.15, 0.2) is 0 Å². The molecule has 0 spiro atoms. The van der Waals surface area contributed by atoms with Crippen LogP contribution in [0.25, 0.3) is 0 Å². The van der Waals surface area contributed by atoms with E-state index < -0.39 is 5.82 Å². The molecular weight excluding hydrogens is 241 g/mol. The predicted octanol–water partition coefficient (Wildman–Crippen LogP) is 4.00. The summed E-state index contributed by atoms with van der Waals surface area (Å²) in [6.07, 6.45) is 0. The summed E-state index contributed by atoms with van der Waals surface area (Å²) in [6.45, 7) is 5.78. The first-order valence-electron chi connectivity index (χ1n) is 6.12. The van der Waals surface area contributed by atoms with Gasteiger partial charge >= 0.3 is 0 Å². The molecule has 1 N–H and O–H groups in total. The van der Waals surface area contributed by atoms with Crippen molar-refractivity contribution in [3.63, 3.8) is 0 Å². The Morgan fingerprint density at radius 1 is 1.00 bits per heavy atom. The number of carbonyl (C=O) groups excluding carboxylic acids is 1. The van der Waals surface area contributed by atoms with E-state index in [2.05, 4.69) is 5.32 Å². The zero-order chi connectivity index (χ0) is 14.0. The van der Waals surface area contributed by atoms with Gasteiger partial charge < -0.3 is 5.32 Å². The quantitative estimate of drug-likeness (QED) is 0.865. The van der Waals surface area contributed by atoms with Crippen molar-refractivity contribution in [3.8, 4) is 0 Å². The third-order valence-electron chi connectivity index (χ3n) is 3.14. The van der Waals surface area contributed by atoms with Gasteiger partial charge in [-0.15, -0.1) is 0 Å². The van der Waals surface area contributed by atoms with Crippen molar-refractivity contribution < 1.29 is 9.18 Å². The van der Waals surface area contributed by atoms with E-state index in [4.69, 9.17) is 0 Å². The number of halogens is 1. The molecule has 2 nitrogen and oxygen atoms in total. The van der Waals surface area contributed by atoms with Crippen LogP contribution in [0.3, 0.4) is 0 Å². The van der Waals surface area contributed by atoms with Gasteiger partial charge in [0.2, 0.25) is 0 Å². The Balaban J connectivity index is 2.25. The molecule has 0 unspecified atom stereocenters. The lowest BCUT2D eigenvalue weighted by molar-refractivity contribution is 0.102. The minimum Gasteiger partial charge on any atom is -0.319 e. The van der Waals surface area contributed by atoms with E-state index in [1.54, 1.807) is 24.3 Å². The molecule has 0 saturated heterocycles. The highest BCUT2D eigenvalue weighted by Gasteiger charge is 2.10. The summed E-state index contributed by atoms with van der Waals surface area (Å²) in [5.41, 5.74) is 3.81. The van der Waals surface area contributed by atoms with E-state index in [1.165, 1.54) is 6.07 Å². The van der Waals surface area contributed by atoms with Crippen LogP contribution in [0.5, 0.6) is 0 Å². The number of benzene rings is 2. The molecule has 2 aromatic carbocycles. The molecule has 0 radical (unpaired) electrons. The average Bonchev–Trinajstić information content (AvgIpc) is 2.37. The topological polar surface area (TPSA) is 29.1 Å². The maximum Gasteiger partial charge on any atom is 0.255 e. The van der Waals surface area contributed by atoms with Gasteiger partial charge in [-0.05, 0) is 61.7 Å². The van der Waals surface area contributed by atoms with Crippen molar-refractivity contribution in [1.29, 1.82) is 0 Å². The Hall–Kier alpha value is -2.16. The van der Waals surface area contributed by atoms with E-state index in [0.29, 0.717) is 5.56 Å². The number of anilines is 1. The predicted molar refractivity (Wildman–Crippen MR) is 75.0 cm³/mol. The fourth-order valence-corrected chi connectivity index (χ4v) is 1.81. The summed E-state index contributed by atoms with van der Waals surface area (Å²) in [5.74, 6) is -0.726. The molecule has 2 rings (SSSR count). The minimum atomic E-state index is -0.428. The number of aryl methyl sites for hydroxylation is 3. The highest BCUT2D eigenvalue weighted by atomic mass is 19.1. The van der Waals surface area contributed by atoms with Crippen LogP contribution in [0, 0.1) is 26.6 Å². The number of hydrogen-bond acceptors (Lipinski definition) is 1. The molecule has 0 heterocycles. The zero-order valence-corrected chi connectivity index (χ0v) is 11.3. The first-order chi connectivity index (χ1) is 8.97. The summed E-state index contributed by atoms with van der Waals surface area (Å²) in [7, 11) is 0. The van der Waals surface area contributed by atoms with Gasteiger partial charge in [-0.3, -0.25) is 4.79 Å². The Kier molecular flexibility index (Phi) is 3.65. The van der Waals surface area contributed by atoms with Gasteiger partial charge in [-0.1, -0.05) is 12.1 Å². The highest BCUT2D eigenvalue weighted by molar-refractivity contribution is 6.04. The molecule has 98 valence electrons. The van der Waals surface area contributed by atoms with Gasteiger partial charge in [0.05, 0.1) is 5.69 Å². The SMILES string of the molecule is Cc1ccc(F)c(NC(=O)c2ccc(C)c(C)c2)c1. The molecule has 0 fully saturated rings. The zero-order valence-electron chi connectivity index (χ0n) is 11.3. The van der Waals surface area contributed by atoms with Crippen LogP contribution in [0.1, 0.15) is 27.0 Å². The standard InChI is InChI=1S/C16H16FNO/c1-10-4-7-14(17)15(8-10)18-16(19)13-6-5-11(2)12(3)9-13/h4-9H,1-3H3,(H,18,19). The van der Waals surface area contributed by atoms with Crippen LogP contribution >= 0.6 is 0 Å². The Morgan fingerprint density at radius 3 is 2.42 bits per heavy atom. The third kappa shape index (κ3) is 2.99. The van der Waals surface area contributed by atoms with E-state index in [0.717, 1.165) is 16.7 Å². The smallest absolute Gasteiger partial charge is 0.255 e. The van der Waals surface area contributed by atoms with Crippen LogP contribution < -0.4 is 5.32 Å². The molecule has 0 aliphatic rings. The fourth-order valence-electron chi connectivity index (χ4n) is 1.81. The van der Waals surface area contributed by atoms with Crippen molar-refractivity contribution in [2.24, 2.45) is 0 Å². The van der Waals surface area contributed by atoms with Gasteiger partial charge in [-0.2, -0.15) is 0 Å². The first-order valence-corrected chi connectivity index (χ1v) is 6.12. The number of nitrogens with one attached hydrogen (secondary N) is 1. The molecule has 2 aromatic rings. The molecule has 19 heavy (non-hydrogen) atoms. The number of carbonyl (C=O) groups is 1. The molecule has 0 aromatic heterocycles. The van der Waals surface area contributed by atoms with Crippen LogP contribution in [0.2, 0.25) is 0 Å². The maximum atomic E-state index is 13.6. The van der Waals surface area contributed by atoms with Crippen LogP contribution in [-0.2, 0) is 0 Å². The van der Waals surface area contributed by atoms with E-state index in [-0.39, 0.29) is 11.6 Å². The molecule has 0 atom stereocenters. The maximum absolute atomic E-state index is 13.6. The average molecular weight is 257 g/mol. The summed E-state index contributed by atoms with van der Waals surface area (Å²) in [5, 5.41) is 2.60. The third-order valence-corrected chi connectivity index (χ3v) is 3.14. The lowest BCUT2D eigenvalue weighted by Gasteiger charge is -2.08. The van der Waals surface area contributed by atoms with E-state index >= 15 is 0 Å². The van der Waals surface area contributed by atoms with Crippen molar-refractivity contribution in [1.82, 2.24) is 0 Å². The van der Waals surface area contributed by atoms with Crippen molar-refractivity contribution in [2.45, 2.75) is 20.8 Å². The van der Waals surface area contributed by atoms with Crippen LogP contribution in [-0.4, -0.2) is 5.91 Å². The van der Waals surface area contributed by atoms with Crippen molar-refractivity contribution in [2.75, 3.05) is 5.32 Å². The van der Waals surface area contributed by atoms with Gasteiger partial charge in [0.1, 0.15) is 5.82 Å². The molecule has 0 saturated carbocycles. The summed E-state index contributed by atoms with van der Waals surface area (Å²) >= 11 is 0. The van der Waals surface area contributed by atoms with Crippen molar-refractivity contribution >= 4 is 11.6 Å². The van der Waals surface area contributed by atoms with Gasteiger partial charge in [-0.25, -0.2) is 4.39 Å². The monoisotopic (exact) mass is 257 g/mol. The second kappa shape index (κ2) is 5.22. The second-order valence-electron chi connectivity index (χ2n) is 4.74. The summed E-state index contributed by atoms with van der Waals surface area (Å²) < 4.78 is 13.6. The molecule has 0 aliphatic heterocycles. The highest BCUT2D eigenvalue weighted by Crippen LogP contribution is 2.17. The van der Waals surface area contributed by atoms with Gasteiger partial charge in [0.25, 0.3) is 5.91 Å². The van der Waals surface area contributed by atoms with Gasteiger partial charge in [0, 0.05) is 5.56 Å². The van der Waals surface area contributed by atoms with E-state index in [9.17, 15) is 9.18 Å². The molecular formula is C16H16FNO. The molecule has 0 aliphatic carbocycles. The number of rotatable bonds is 2. The fraction of sp³-hybridized carbons (Fsp3) is 0.188. The van der Waals surface area contributed by atoms with Crippen LogP contribution in [0.15, 0.2) is 36.4 Å². The molecule has 3 heteroatoms. The summed E-state index contributed by atoms with van der Waals surface area (Å²) in [4.78, 5) is 12.1. The molecule has 1 amide bonds. The lowest BCUT2D eigenvalue weighted by atomic mass is 10.1. The lowest BCUT2D eigenvalue weighted by Crippen LogP contribution is -2.13. The largest absolute Gasteiger partial charge is 0.319 e.